The van der Waals surface area contributed by atoms with Crippen molar-refractivity contribution in [3.05, 3.63) is 0 Å². The molecule has 0 aliphatic heterocycles. The highest BCUT2D eigenvalue weighted by molar-refractivity contribution is 4.92. The smallest absolute Gasteiger partial charge is 0.0466 e. The topological polar surface area (TPSA) is 21.3 Å². The van der Waals surface area contributed by atoms with E-state index >= 15 is 0 Å². The fourth-order valence-corrected chi connectivity index (χ4v) is 2.59. The number of hydrogen-bond acceptors (Lipinski definition) is 2. The average Bonchev–Trinajstić information content (AvgIpc) is 3.08. The molecule has 1 rings (SSSR count). The first-order valence-electron chi connectivity index (χ1n) is 7.37. The Bertz CT molecular complexity index is 201. The lowest BCUT2D eigenvalue weighted by Gasteiger charge is -2.30. The fraction of sp³-hybridized carbons (Fsp3) is 1.00. The van der Waals surface area contributed by atoms with Gasteiger partial charge in [0.2, 0.25) is 0 Å². The van der Waals surface area contributed by atoms with Gasteiger partial charge in [-0.25, -0.2) is 0 Å². The summed E-state index contributed by atoms with van der Waals surface area (Å²) < 4.78 is 5.45. The van der Waals surface area contributed by atoms with Gasteiger partial charge in [-0.15, -0.1) is 0 Å². The van der Waals surface area contributed by atoms with Crippen molar-refractivity contribution < 1.29 is 4.74 Å². The Morgan fingerprint density at radius 1 is 1.35 bits per heavy atom. The summed E-state index contributed by atoms with van der Waals surface area (Å²) in [6.07, 6.45) is 5.40. The molecule has 1 aliphatic carbocycles. The van der Waals surface area contributed by atoms with Gasteiger partial charge in [0.05, 0.1) is 0 Å². The van der Waals surface area contributed by atoms with Gasteiger partial charge in [-0.2, -0.15) is 0 Å². The molecule has 2 nitrogen and oxygen atoms in total. The maximum Gasteiger partial charge on any atom is 0.0466 e. The van der Waals surface area contributed by atoms with Crippen molar-refractivity contribution in [1.82, 2.24) is 5.32 Å². The molecule has 0 spiro atoms. The molecule has 1 saturated carbocycles. The lowest BCUT2D eigenvalue weighted by atomic mass is 9.80. The summed E-state index contributed by atoms with van der Waals surface area (Å²) in [7, 11) is 0. The fourth-order valence-electron chi connectivity index (χ4n) is 2.59. The quantitative estimate of drug-likeness (QED) is 0.591. The third-order valence-electron chi connectivity index (χ3n) is 3.89. The molecule has 1 atom stereocenters. The molecule has 1 unspecified atom stereocenters. The summed E-state index contributed by atoms with van der Waals surface area (Å²) in [6, 6.07) is 0. The van der Waals surface area contributed by atoms with E-state index in [1.807, 2.05) is 0 Å². The van der Waals surface area contributed by atoms with Gasteiger partial charge in [0.15, 0.2) is 0 Å². The van der Waals surface area contributed by atoms with Crippen LogP contribution in [0.25, 0.3) is 0 Å². The van der Waals surface area contributed by atoms with E-state index < -0.39 is 0 Å². The van der Waals surface area contributed by atoms with E-state index in [9.17, 15) is 0 Å². The minimum atomic E-state index is 0.506. The van der Waals surface area contributed by atoms with Gasteiger partial charge >= 0.3 is 0 Å². The van der Waals surface area contributed by atoms with Crippen LogP contribution in [0.4, 0.5) is 0 Å². The SMILES string of the molecule is CCOCCCC(C)(CNCC(C)C)C1CC1. The van der Waals surface area contributed by atoms with Crippen molar-refractivity contribution in [3.8, 4) is 0 Å². The molecule has 0 aromatic carbocycles. The van der Waals surface area contributed by atoms with Crippen molar-refractivity contribution in [2.75, 3.05) is 26.3 Å². The zero-order valence-electron chi connectivity index (χ0n) is 12.2. The summed E-state index contributed by atoms with van der Waals surface area (Å²) >= 11 is 0. The van der Waals surface area contributed by atoms with Gasteiger partial charge in [-0.05, 0) is 56.4 Å². The first-order chi connectivity index (χ1) is 8.08. The number of hydrogen-bond donors (Lipinski definition) is 1. The zero-order valence-corrected chi connectivity index (χ0v) is 12.2. The monoisotopic (exact) mass is 241 g/mol. The van der Waals surface area contributed by atoms with E-state index in [4.69, 9.17) is 4.74 Å². The predicted molar refractivity (Wildman–Crippen MR) is 74.3 cm³/mol. The van der Waals surface area contributed by atoms with Crippen molar-refractivity contribution >= 4 is 0 Å². The van der Waals surface area contributed by atoms with Crippen LogP contribution in [0.3, 0.4) is 0 Å². The molecule has 1 aliphatic rings. The van der Waals surface area contributed by atoms with Gasteiger partial charge in [-0.1, -0.05) is 20.8 Å². The molecular weight excluding hydrogens is 210 g/mol. The molecule has 1 fully saturated rings. The molecule has 0 aromatic heterocycles. The highest BCUT2D eigenvalue weighted by Gasteiger charge is 2.40. The molecule has 102 valence electrons. The van der Waals surface area contributed by atoms with Crippen LogP contribution in [-0.2, 0) is 4.74 Å². The van der Waals surface area contributed by atoms with Crippen LogP contribution in [0.1, 0.15) is 53.4 Å². The maximum atomic E-state index is 5.45. The first kappa shape index (κ1) is 15.0. The Morgan fingerprint density at radius 3 is 2.59 bits per heavy atom. The summed E-state index contributed by atoms with van der Waals surface area (Å²) in [5.41, 5.74) is 0.506. The van der Waals surface area contributed by atoms with Crippen molar-refractivity contribution in [2.24, 2.45) is 17.3 Å². The van der Waals surface area contributed by atoms with E-state index in [0.29, 0.717) is 5.41 Å². The maximum absolute atomic E-state index is 5.45. The molecule has 1 N–H and O–H groups in total. The van der Waals surface area contributed by atoms with Crippen molar-refractivity contribution in [1.29, 1.82) is 0 Å². The van der Waals surface area contributed by atoms with Crippen LogP contribution in [0.15, 0.2) is 0 Å². The Morgan fingerprint density at radius 2 is 2.06 bits per heavy atom. The minimum absolute atomic E-state index is 0.506. The second kappa shape index (κ2) is 7.38. The highest BCUT2D eigenvalue weighted by Crippen LogP contribution is 2.47. The predicted octanol–water partition coefficient (Wildman–Crippen LogP) is 3.47. The van der Waals surface area contributed by atoms with Crippen LogP contribution in [-0.4, -0.2) is 26.3 Å². The standard InChI is InChI=1S/C15H31NO/c1-5-17-10-6-9-15(4,14-7-8-14)12-16-11-13(2)3/h13-14,16H,5-12H2,1-4H3. The van der Waals surface area contributed by atoms with Gasteiger partial charge < -0.3 is 10.1 Å². The molecule has 0 bridgehead atoms. The highest BCUT2D eigenvalue weighted by atomic mass is 16.5. The Balaban J connectivity index is 2.24. The van der Waals surface area contributed by atoms with Gasteiger partial charge in [-0.3, -0.25) is 0 Å². The molecule has 0 heterocycles. The lowest BCUT2D eigenvalue weighted by Crippen LogP contribution is -2.35. The molecule has 0 amide bonds. The Hall–Kier alpha value is -0.0800. The van der Waals surface area contributed by atoms with E-state index in [-0.39, 0.29) is 0 Å². The summed E-state index contributed by atoms with van der Waals surface area (Å²) in [4.78, 5) is 0. The molecule has 17 heavy (non-hydrogen) atoms. The summed E-state index contributed by atoms with van der Waals surface area (Å²) in [5.74, 6) is 1.71. The van der Waals surface area contributed by atoms with E-state index in [0.717, 1.165) is 31.6 Å². The zero-order chi connectivity index (χ0) is 12.7. The van der Waals surface area contributed by atoms with E-state index in [2.05, 4.69) is 33.0 Å². The molecule has 2 heteroatoms. The molecule has 0 radical (unpaired) electrons. The first-order valence-corrected chi connectivity index (χ1v) is 7.37. The van der Waals surface area contributed by atoms with Crippen LogP contribution >= 0.6 is 0 Å². The minimum Gasteiger partial charge on any atom is -0.382 e. The Labute approximate surface area is 108 Å². The third-order valence-corrected chi connectivity index (χ3v) is 3.89. The summed E-state index contributed by atoms with van der Waals surface area (Å²) in [5, 5.41) is 3.65. The van der Waals surface area contributed by atoms with E-state index in [1.54, 1.807) is 0 Å². The number of rotatable bonds is 10. The van der Waals surface area contributed by atoms with E-state index in [1.165, 1.54) is 32.2 Å². The van der Waals surface area contributed by atoms with Crippen molar-refractivity contribution in [2.45, 2.75) is 53.4 Å². The van der Waals surface area contributed by atoms with Crippen LogP contribution in [0, 0.1) is 17.3 Å². The second-order valence-corrected chi connectivity index (χ2v) is 6.25. The summed E-state index contributed by atoms with van der Waals surface area (Å²) in [6.45, 7) is 13.2. The number of ether oxygens (including phenoxy) is 1. The van der Waals surface area contributed by atoms with Crippen LogP contribution < -0.4 is 5.32 Å². The number of nitrogens with one attached hydrogen (secondary N) is 1. The van der Waals surface area contributed by atoms with Gasteiger partial charge in [0.25, 0.3) is 0 Å². The molecule has 0 saturated heterocycles. The largest absolute Gasteiger partial charge is 0.382 e. The normalized spacial score (nSPS) is 19.6. The van der Waals surface area contributed by atoms with Crippen LogP contribution in [0.2, 0.25) is 0 Å². The molecule has 0 aromatic rings. The third kappa shape index (κ3) is 5.87. The van der Waals surface area contributed by atoms with Crippen molar-refractivity contribution in [3.63, 3.8) is 0 Å². The lowest BCUT2D eigenvalue weighted by molar-refractivity contribution is 0.124. The molecular formula is C15H31NO. The van der Waals surface area contributed by atoms with Gasteiger partial charge in [0, 0.05) is 19.8 Å². The average molecular weight is 241 g/mol. The van der Waals surface area contributed by atoms with Gasteiger partial charge in [0.1, 0.15) is 0 Å². The Kier molecular flexibility index (Phi) is 6.50. The second-order valence-electron chi connectivity index (χ2n) is 6.25. The van der Waals surface area contributed by atoms with Crippen LogP contribution in [0.5, 0.6) is 0 Å².